The Hall–Kier alpha value is -0.870. The summed E-state index contributed by atoms with van der Waals surface area (Å²) in [5.41, 5.74) is 0. The molecule has 0 spiro atoms. The molecule has 4 nitrogen and oxygen atoms in total. The summed E-state index contributed by atoms with van der Waals surface area (Å²) in [5.74, 6) is 0.621. The molecule has 1 aliphatic carbocycles. The van der Waals surface area contributed by atoms with Crippen LogP contribution in [-0.2, 0) is 9.53 Å². The minimum atomic E-state index is 0.240. The first-order chi connectivity index (χ1) is 9.83. The van der Waals surface area contributed by atoms with Gasteiger partial charge in [-0.3, -0.25) is 9.69 Å². The third-order valence-corrected chi connectivity index (χ3v) is 4.79. The number of piperazine rings is 1. The number of nitrogens with zero attached hydrogens (tertiary/aromatic N) is 2. The first kappa shape index (κ1) is 14.1. The molecule has 2 heterocycles. The lowest BCUT2D eigenvalue weighted by Gasteiger charge is -2.37. The van der Waals surface area contributed by atoms with Gasteiger partial charge in [-0.25, -0.2) is 0 Å². The number of hydrogen-bond donors (Lipinski definition) is 0. The van der Waals surface area contributed by atoms with Gasteiger partial charge in [0.05, 0.1) is 6.10 Å². The van der Waals surface area contributed by atoms with Crippen molar-refractivity contribution < 1.29 is 9.53 Å². The van der Waals surface area contributed by atoms with Crippen molar-refractivity contribution >= 4 is 5.91 Å². The smallest absolute Gasteiger partial charge is 0.226 e. The zero-order chi connectivity index (χ0) is 13.8. The molecule has 0 unspecified atom stereocenters. The summed E-state index contributed by atoms with van der Waals surface area (Å²) in [4.78, 5) is 17.0. The summed E-state index contributed by atoms with van der Waals surface area (Å²) < 4.78 is 5.70. The Balaban J connectivity index is 1.43. The molecule has 112 valence electrons. The molecule has 0 aromatic heterocycles. The van der Waals surface area contributed by atoms with Gasteiger partial charge < -0.3 is 9.64 Å². The molecule has 20 heavy (non-hydrogen) atoms. The molecule has 3 rings (SSSR count). The zero-order valence-electron chi connectivity index (χ0n) is 12.3. The van der Waals surface area contributed by atoms with Crippen molar-refractivity contribution in [3.63, 3.8) is 0 Å². The first-order valence-electron chi connectivity index (χ1n) is 8.10. The third kappa shape index (κ3) is 3.41. The van der Waals surface area contributed by atoms with Crippen LogP contribution in [0.15, 0.2) is 12.2 Å². The van der Waals surface area contributed by atoms with Gasteiger partial charge in [0.25, 0.3) is 0 Å². The summed E-state index contributed by atoms with van der Waals surface area (Å²) in [6.07, 6.45) is 10.2. The van der Waals surface area contributed by atoms with Crippen LogP contribution in [0.25, 0.3) is 0 Å². The van der Waals surface area contributed by atoms with Crippen LogP contribution in [0.5, 0.6) is 0 Å². The van der Waals surface area contributed by atoms with Gasteiger partial charge in [0.15, 0.2) is 0 Å². The van der Waals surface area contributed by atoms with Gasteiger partial charge in [0.1, 0.15) is 0 Å². The molecule has 0 aromatic rings. The van der Waals surface area contributed by atoms with Crippen molar-refractivity contribution in [1.29, 1.82) is 0 Å². The molecule has 0 radical (unpaired) electrons. The molecule has 2 aliphatic heterocycles. The predicted molar refractivity (Wildman–Crippen MR) is 78.5 cm³/mol. The van der Waals surface area contributed by atoms with E-state index in [4.69, 9.17) is 4.74 Å². The van der Waals surface area contributed by atoms with Crippen molar-refractivity contribution in [3.05, 3.63) is 12.2 Å². The van der Waals surface area contributed by atoms with Gasteiger partial charge in [-0.2, -0.15) is 0 Å². The lowest BCUT2D eigenvalue weighted by Crippen LogP contribution is -2.51. The van der Waals surface area contributed by atoms with Crippen LogP contribution in [0.2, 0.25) is 0 Å². The van der Waals surface area contributed by atoms with E-state index in [0.29, 0.717) is 12.0 Å². The normalized spacial score (nSPS) is 31.7. The SMILES string of the molecule is O=C([C@H]1CC=CCC1)N1CCN(C[C@H]2CCCO2)CC1. The number of carbonyl (C=O) groups excluding carboxylic acids is 1. The Morgan fingerprint density at radius 2 is 2.00 bits per heavy atom. The van der Waals surface area contributed by atoms with Crippen LogP contribution in [0.4, 0.5) is 0 Å². The Bertz CT molecular complexity index is 355. The van der Waals surface area contributed by atoms with Crippen molar-refractivity contribution in [1.82, 2.24) is 9.80 Å². The van der Waals surface area contributed by atoms with E-state index in [2.05, 4.69) is 22.0 Å². The molecule has 2 fully saturated rings. The lowest BCUT2D eigenvalue weighted by atomic mass is 9.93. The van der Waals surface area contributed by atoms with Crippen molar-refractivity contribution in [2.45, 2.75) is 38.2 Å². The molecule has 3 aliphatic rings. The summed E-state index contributed by atoms with van der Waals surface area (Å²) >= 11 is 0. The summed E-state index contributed by atoms with van der Waals surface area (Å²) in [6, 6.07) is 0. The molecule has 0 aromatic carbocycles. The standard InChI is InChI=1S/C16H26N2O2/c19-16(14-5-2-1-3-6-14)18-10-8-17(9-11-18)13-15-7-4-12-20-15/h1-2,14-15H,3-13H2/t14-,15+/m0/s1. The van der Waals surface area contributed by atoms with Crippen LogP contribution >= 0.6 is 0 Å². The Kier molecular flexibility index (Phi) is 4.73. The largest absolute Gasteiger partial charge is 0.377 e. The van der Waals surface area contributed by atoms with E-state index in [1.54, 1.807) is 0 Å². The minimum Gasteiger partial charge on any atom is -0.377 e. The highest BCUT2D eigenvalue weighted by molar-refractivity contribution is 5.79. The number of ether oxygens (including phenoxy) is 1. The van der Waals surface area contributed by atoms with E-state index < -0.39 is 0 Å². The first-order valence-corrected chi connectivity index (χ1v) is 8.10. The second-order valence-corrected chi connectivity index (χ2v) is 6.24. The average molecular weight is 278 g/mol. The second-order valence-electron chi connectivity index (χ2n) is 6.24. The maximum absolute atomic E-state index is 12.5. The fourth-order valence-electron chi connectivity index (χ4n) is 3.50. The molecule has 0 saturated carbocycles. The van der Waals surface area contributed by atoms with Gasteiger partial charge in [-0.05, 0) is 32.1 Å². The van der Waals surface area contributed by atoms with Crippen LogP contribution in [0.3, 0.4) is 0 Å². The van der Waals surface area contributed by atoms with E-state index in [-0.39, 0.29) is 5.92 Å². The fraction of sp³-hybridized carbons (Fsp3) is 0.812. The van der Waals surface area contributed by atoms with Crippen molar-refractivity contribution in [2.75, 3.05) is 39.3 Å². The Morgan fingerprint density at radius 3 is 2.65 bits per heavy atom. The maximum Gasteiger partial charge on any atom is 0.226 e. The zero-order valence-corrected chi connectivity index (χ0v) is 12.3. The highest BCUT2D eigenvalue weighted by Crippen LogP contribution is 2.21. The highest BCUT2D eigenvalue weighted by Gasteiger charge is 2.28. The summed E-state index contributed by atoms with van der Waals surface area (Å²) in [6.45, 7) is 5.78. The van der Waals surface area contributed by atoms with Gasteiger partial charge in [-0.15, -0.1) is 0 Å². The Morgan fingerprint density at radius 1 is 1.15 bits per heavy atom. The number of amides is 1. The van der Waals surface area contributed by atoms with Crippen molar-refractivity contribution in [2.24, 2.45) is 5.92 Å². The molecule has 0 bridgehead atoms. The van der Waals surface area contributed by atoms with Gasteiger partial charge >= 0.3 is 0 Å². The van der Waals surface area contributed by atoms with E-state index in [9.17, 15) is 4.79 Å². The average Bonchev–Trinajstić information content (AvgIpc) is 3.01. The van der Waals surface area contributed by atoms with Gasteiger partial charge in [-0.1, -0.05) is 12.2 Å². The number of carbonyl (C=O) groups is 1. The summed E-state index contributed by atoms with van der Waals surface area (Å²) in [7, 11) is 0. The summed E-state index contributed by atoms with van der Waals surface area (Å²) in [5, 5.41) is 0. The number of rotatable bonds is 3. The second kappa shape index (κ2) is 6.72. The third-order valence-electron chi connectivity index (χ3n) is 4.79. The Labute approximate surface area is 121 Å². The number of allylic oxidation sites excluding steroid dienone is 2. The fourth-order valence-corrected chi connectivity index (χ4v) is 3.50. The predicted octanol–water partition coefficient (Wildman–Crippen LogP) is 1.67. The van der Waals surface area contributed by atoms with Gasteiger partial charge in [0, 0.05) is 45.2 Å². The van der Waals surface area contributed by atoms with E-state index in [1.165, 1.54) is 12.8 Å². The molecular weight excluding hydrogens is 252 g/mol. The van der Waals surface area contributed by atoms with E-state index >= 15 is 0 Å². The van der Waals surface area contributed by atoms with E-state index in [1.807, 2.05) is 0 Å². The molecule has 2 saturated heterocycles. The molecule has 2 atom stereocenters. The lowest BCUT2D eigenvalue weighted by molar-refractivity contribution is -0.137. The van der Waals surface area contributed by atoms with Crippen LogP contribution in [0.1, 0.15) is 32.1 Å². The highest BCUT2D eigenvalue weighted by atomic mass is 16.5. The van der Waals surface area contributed by atoms with E-state index in [0.717, 1.165) is 58.6 Å². The van der Waals surface area contributed by atoms with Crippen LogP contribution in [0, 0.1) is 5.92 Å². The minimum absolute atomic E-state index is 0.240. The molecular formula is C16H26N2O2. The topological polar surface area (TPSA) is 32.8 Å². The maximum atomic E-state index is 12.5. The number of hydrogen-bond acceptors (Lipinski definition) is 3. The van der Waals surface area contributed by atoms with Crippen molar-refractivity contribution in [3.8, 4) is 0 Å². The molecule has 0 N–H and O–H groups in total. The van der Waals surface area contributed by atoms with Crippen LogP contribution in [-0.4, -0.2) is 61.1 Å². The molecule has 4 heteroatoms. The van der Waals surface area contributed by atoms with Gasteiger partial charge in [0.2, 0.25) is 5.91 Å². The molecule has 1 amide bonds. The van der Waals surface area contributed by atoms with Crippen LogP contribution < -0.4 is 0 Å². The monoisotopic (exact) mass is 278 g/mol. The quantitative estimate of drug-likeness (QED) is 0.736.